The van der Waals surface area contributed by atoms with Gasteiger partial charge in [0.05, 0.1) is 23.3 Å². The van der Waals surface area contributed by atoms with Crippen LogP contribution in [0.4, 0.5) is 0 Å². The number of aromatic nitrogens is 2. The molecule has 2 heterocycles. The first-order valence-electron chi connectivity index (χ1n) is 12.4. The molecule has 10 heteroatoms. The summed E-state index contributed by atoms with van der Waals surface area (Å²) in [4.78, 5) is 34.0. The highest BCUT2D eigenvalue weighted by Crippen LogP contribution is 2.38. The number of carbonyl (C=O) groups is 2. The van der Waals surface area contributed by atoms with E-state index in [4.69, 9.17) is 14.0 Å². The average molecular weight is 496 g/mol. The molecular formula is C26H37BN4O5. The Balaban J connectivity index is 1.72. The van der Waals surface area contributed by atoms with Crippen LogP contribution < -0.4 is 10.6 Å². The van der Waals surface area contributed by atoms with Crippen molar-refractivity contribution in [3.63, 3.8) is 0 Å². The molecule has 1 aromatic carbocycles. The Bertz CT molecular complexity index is 974. The van der Waals surface area contributed by atoms with Crippen molar-refractivity contribution in [3.05, 3.63) is 60.2 Å². The van der Waals surface area contributed by atoms with Gasteiger partial charge in [-0.25, -0.2) is 4.98 Å². The van der Waals surface area contributed by atoms with E-state index in [9.17, 15) is 9.59 Å². The second kappa shape index (κ2) is 12.4. The Labute approximate surface area is 213 Å². The number of hydrogen-bond acceptors (Lipinski definition) is 7. The van der Waals surface area contributed by atoms with Crippen molar-refractivity contribution in [2.75, 3.05) is 13.7 Å². The lowest BCUT2D eigenvalue weighted by Crippen LogP contribution is -2.55. The summed E-state index contributed by atoms with van der Waals surface area (Å²) in [6.45, 7) is 8.24. The van der Waals surface area contributed by atoms with Gasteiger partial charge >= 0.3 is 7.12 Å². The second-order valence-corrected chi connectivity index (χ2v) is 10.0. The van der Waals surface area contributed by atoms with Gasteiger partial charge in [0, 0.05) is 26.1 Å². The smallest absolute Gasteiger partial charge is 0.402 e. The van der Waals surface area contributed by atoms with Crippen LogP contribution in [0.25, 0.3) is 0 Å². The van der Waals surface area contributed by atoms with Gasteiger partial charge in [0.1, 0.15) is 11.7 Å². The number of ether oxygens (including phenoxy) is 1. The fourth-order valence-electron chi connectivity index (χ4n) is 3.94. The number of nitrogens with zero attached hydrogens (tertiary/aromatic N) is 2. The lowest BCUT2D eigenvalue weighted by atomic mass is 9.75. The number of carbonyl (C=O) groups excluding carboxylic acids is 2. The molecule has 1 saturated heterocycles. The van der Waals surface area contributed by atoms with Crippen LogP contribution in [0, 0.1) is 0 Å². The minimum absolute atomic E-state index is 0.137. The first kappa shape index (κ1) is 27.8. The number of nitrogens with one attached hydrogen (secondary N) is 2. The summed E-state index contributed by atoms with van der Waals surface area (Å²) in [5.74, 6) is -1.21. The van der Waals surface area contributed by atoms with Gasteiger partial charge in [0.15, 0.2) is 0 Å². The number of rotatable bonds is 12. The normalized spacial score (nSPS) is 17.9. The third-order valence-electron chi connectivity index (χ3n) is 6.78. The molecule has 1 fully saturated rings. The molecule has 2 atom stereocenters. The zero-order valence-electron chi connectivity index (χ0n) is 21.8. The summed E-state index contributed by atoms with van der Waals surface area (Å²) in [7, 11) is 0.935. The van der Waals surface area contributed by atoms with Crippen LogP contribution in [0.2, 0.25) is 0 Å². The van der Waals surface area contributed by atoms with Crippen LogP contribution in [0.1, 0.15) is 63.0 Å². The number of amides is 2. The molecule has 9 nitrogen and oxygen atoms in total. The summed E-state index contributed by atoms with van der Waals surface area (Å²) in [6, 6.07) is 9.38. The standard InChI is InChI=1S/C26H37BN4O5/c1-25(2)26(3,4)36-27(35-25)22(13-9-12-19-10-7-6-8-11-19)31-23(32)20(14-17-34-5)30-24(33)21-18-28-15-16-29-21/h6-8,10-11,15-16,18,20,22H,9,12-14,17H2,1-5H3,(H,30,33)(H,31,32). The SMILES string of the molecule is COCCC(NC(=O)c1cnccn1)C(=O)NC(CCCc1ccccc1)B1OC(C)(C)C(C)(C)O1. The van der Waals surface area contributed by atoms with Crippen molar-refractivity contribution in [1.82, 2.24) is 20.6 Å². The van der Waals surface area contributed by atoms with Crippen molar-refractivity contribution in [2.24, 2.45) is 0 Å². The summed E-state index contributed by atoms with van der Waals surface area (Å²) >= 11 is 0. The third-order valence-corrected chi connectivity index (χ3v) is 6.78. The van der Waals surface area contributed by atoms with Crippen LogP contribution in [-0.4, -0.2) is 65.8 Å². The Morgan fingerprint density at radius 1 is 1.03 bits per heavy atom. The molecule has 1 aliphatic heterocycles. The molecule has 0 spiro atoms. The molecule has 2 aromatic rings. The topological polar surface area (TPSA) is 112 Å². The van der Waals surface area contributed by atoms with E-state index in [-0.39, 0.29) is 11.6 Å². The molecule has 0 radical (unpaired) electrons. The maximum Gasteiger partial charge on any atom is 0.481 e. The van der Waals surface area contributed by atoms with Crippen molar-refractivity contribution >= 4 is 18.9 Å². The van der Waals surface area contributed by atoms with E-state index < -0.39 is 36.2 Å². The highest BCUT2D eigenvalue weighted by atomic mass is 16.7. The van der Waals surface area contributed by atoms with Crippen molar-refractivity contribution < 1.29 is 23.6 Å². The zero-order valence-corrected chi connectivity index (χ0v) is 21.8. The molecular weight excluding hydrogens is 459 g/mol. The third kappa shape index (κ3) is 7.35. The fourth-order valence-corrected chi connectivity index (χ4v) is 3.94. The maximum atomic E-state index is 13.4. The summed E-state index contributed by atoms with van der Waals surface area (Å²) in [6.07, 6.45) is 6.91. The molecule has 0 bridgehead atoms. The van der Waals surface area contributed by atoms with Crippen LogP contribution in [0.5, 0.6) is 0 Å². The predicted molar refractivity (Wildman–Crippen MR) is 137 cm³/mol. The van der Waals surface area contributed by atoms with Crippen LogP contribution >= 0.6 is 0 Å². The molecule has 194 valence electrons. The Morgan fingerprint density at radius 3 is 2.33 bits per heavy atom. The maximum absolute atomic E-state index is 13.4. The van der Waals surface area contributed by atoms with Gasteiger partial charge < -0.3 is 24.7 Å². The van der Waals surface area contributed by atoms with Crippen LogP contribution in [-0.2, 0) is 25.3 Å². The van der Waals surface area contributed by atoms with Gasteiger partial charge in [-0.2, -0.15) is 0 Å². The molecule has 1 aromatic heterocycles. The minimum Gasteiger partial charge on any atom is -0.402 e. The second-order valence-electron chi connectivity index (χ2n) is 10.0. The predicted octanol–water partition coefficient (Wildman–Crippen LogP) is 2.75. The lowest BCUT2D eigenvalue weighted by Gasteiger charge is -2.32. The average Bonchev–Trinajstić information content (AvgIpc) is 3.08. The highest BCUT2D eigenvalue weighted by molar-refractivity contribution is 6.48. The zero-order chi connectivity index (χ0) is 26.2. The fraction of sp³-hybridized carbons (Fsp3) is 0.538. The molecule has 1 aliphatic rings. The Hall–Kier alpha value is -2.82. The Morgan fingerprint density at radius 2 is 1.72 bits per heavy atom. The Kier molecular flexibility index (Phi) is 9.59. The minimum atomic E-state index is -0.821. The summed E-state index contributed by atoms with van der Waals surface area (Å²) in [5.41, 5.74) is 0.301. The summed E-state index contributed by atoms with van der Waals surface area (Å²) in [5, 5.41) is 5.85. The molecule has 0 saturated carbocycles. The first-order chi connectivity index (χ1) is 17.1. The number of methoxy groups -OCH3 is 1. The van der Waals surface area contributed by atoms with E-state index >= 15 is 0 Å². The van der Waals surface area contributed by atoms with Crippen molar-refractivity contribution in [1.29, 1.82) is 0 Å². The molecule has 2 amide bonds. The van der Waals surface area contributed by atoms with Gasteiger partial charge in [0.25, 0.3) is 5.91 Å². The molecule has 3 rings (SSSR count). The van der Waals surface area contributed by atoms with Gasteiger partial charge in [-0.15, -0.1) is 0 Å². The van der Waals surface area contributed by atoms with Crippen molar-refractivity contribution in [2.45, 2.75) is 76.6 Å². The van der Waals surface area contributed by atoms with Gasteiger partial charge in [-0.1, -0.05) is 30.3 Å². The quantitative estimate of drug-likeness (QED) is 0.435. The van der Waals surface area contributed by atoms with E-state index in [2.05, 4.69) is 32.7 Å². The monoisotopic (exact) mass is 496 g/mol. The summed E-state index contributed by atoms with van der Waals surface area (Å²) < 4.78 is 17.7. The van der Waals surface area contributed by atoms with Gasteiger partial charge in [-0.05, 0) is 58.9 Å². The van der Waals surface area contributed by atoms with Gasteiger partial charge in [-0.3, -0.25) is 14.6 Å². The van der Waals surface area contributed by atoms with Crippen LogP contribution in [0.3, 0.4) is 0 Å². The van der Waals surface area contributed by atoms with E-state index in [0.29, 0.717) is 19.4 Å². The molecule has 0 aliphatic carbocycles. The lowest BCUT2D eigenvalue weighted by molar-refractivity contribution is -0.123. The van der Waals surface area contributed by atoms with E-state index in [1.54, 1.807) is 7.11 Å². The largest absolute Gasteiger partial charge is 0.481 e. The number of benzene rings is 1. The van der Waals surface area contributed by atoms with E-state index in [1.165, 1.54) is 24.2 Å². The van der Waals surface area contributed by atoms with Crippen LogP contribution in [0.15, 0.2) is 48.9 Å². The number of hydrogen-bond donors (Lipinski definition) is 2. The molecule has 2 unspecified atom stereocenters. The van der Waals surface area contributed by atoms with E-state index in [0.717, 1.165) is 12.8 Å². The van der Waals surface area contributed by atoms with Gasteiger partial charge in [0.2, 0.25) is 5.91 Å². The first-order valence-corrected chi connectivity index (χ1v) is 12.4. The van der Waals surface area contributed by atoms with E-state index in [1.807, 2.05) is 45.9 Å². The molecule has 2 N–H and O–H groups in total. The van der Waals surface area contributed by atoms with Crippen molar-refractivity contribution in [3.8, 4) is 0 Å². The molecule has 36 heavy (non-hydrogen) atoms. The number of aryl methyl sites for hydroxylation is 1. The highest BCUT2D eigenvalue weighted by Gasteiger charge is 2.54.